The molecule has 2 saturated carbocycles. The van der Waals surface area contributed by atoms with E-state index in [1.807, 2.05) is 6.20 Å². The summed E-state index contributed by atoms with van der Waals surface area (Å²) in [6, 6.07) is 4.94. The molecule has 0 radical (unpaired) electrons. The maximum absolute atomic E-state index is 12.8. The fourth-order valence-corrected chi connectivity index (χ4v) is 5.11. The third-order valence-electron chi connectivity index (χ3n) is 7.02. The average Bonchev–Trinajstić information content (AvgIpc) is 3.34. The van der Waals surface area contributed by atoms with Crippen LogP contribution in [0, 0.1) is 0 Å². The summed E-state index contributed by atoms with van der Waals surface area (Å²) < 4.78 is 30.8. The van der Waals surface area contributed by atoms with Crippen LogP contribution >= 0.6 is 0 Å². The van der Waals surface area contributed by atoms with E-state index in [1.54, 1.807) is 27.3 Å². The van der Waals surface area contributed by atoms with E-state index in [-0.39, 0.29) is 40.3 Å². The molecule has 0 atom stereocenters. The largest absolute Gasteiger partial charge is 0.374 e. The topological polar surface area (TPSA) is 97.6 Å². The molecular weight excluding hydrogens is 458 g/mol. The van der Waals surface area contributed by atoms with Crippen LogP contribution in [-0.4, -0.2) is 38.5 Å². The van der Waals surface area contributed by atoms with Crippen LogP contribution in [0.3, 0.4) is 0 Å². The van der Waals surface area contributed by atoms with Crippen molar-refractivity contribution in [3.05, 3.63) is 68.6 Å². The molecule has 3 aromatic heterocycles. The molecule has 1 amide bonds. The molecule has 5 heterocycles. The Hall–Kier alpha value is -3.27. The molecule has 2 bridgehead atoms. The molecule has 2 aliphatic carbocycles. The molecule has 186 valence electrons. The Bertz CT molecular complexity index is 1400. The molecule has 4 aliphatic rings. The number of imidazole rings is 1. The standard InChI is InChI=1S/C22H22N4O4.C3H6F2/c1-21-10-22(11-21,12-30-21)17-9-25-8-14(16(27)7-18(25)24-17)19(28)23-15-3-2-6-26(20(15)29)13-4-5-13;1-2-3(4)5/h2-3,6-9,13,24H,4-5,10-12H2,1H3,(H,23,28);3H,2H2,1H3. The van der Waals surface area contributed by atoms with Crippen LogP contribution in [0.4, 0.5) is 14.5 Å². The number of H-pyrrole nitrogens is 1. The number of anilines is 1. The van der Waals surface area contributed by atoms with Crippen LogP contribution in [0.5, 0.6) is 0 Å². The van der Waals surface area contributed by atoms with E-state index in [0.29, 0.717) is 12.3 Å². The van der Waals surface area contributed by atoms with E-state index >= 15 is 0 Å². The summed E-state index contributed by atoms with van der Waals surface area (Å²) in [6.07, 6.45) is 6.89. The highest BCUT2D eigenvalue weighted by molar-refractivity contribution is 6.04. The molecular formula is C25H28F2N4O4. The van der Waals surface area contributed by atoms with E-state index in [1.165, 1.54) is 19.2 Å². The molecule has 3 aromatic rings. The maximum Gasteiger partial charge on any atom is 0.274 e. The van der Waals surface area contributed by atoms with E-state index < -0.39 is 17.8 Å². The second-order valence-electron chi connectivity index (χ2n) is 10.0. The third kappa shape index (κ3) is 4.31. The van der Waals surface area contributed by atoms with E-state index in [4.69, 9.17) is 4.74 Å². The number of alkyl halides is 2. The van der Waals surface area contributed by atoms with Crippen LogP contribution < -0.4 is 16.3 Å². The van der Waals surface area contributed by atoms with Gasteiger partial charge in [-0.25, -0.2) is 8.78 Å². The summed E-state index contributed by atoms with van der Waals surface area (Å²) >= 11 is 0. The smallest absolute Gasteiger partial charge is 0.274 e. The van der Waals surface area contributed by atoms with E-state index in [2.05, 4.69) is 17.2 Å². The van der Waals surface area contributed by atoms with Gasteiger partial charge in [0.2, 0.25) is 6.43 Å². The summed E-state index contributed by atoms with van der Waals surface area (Å²) in [4.78, 5) is 41.3. The van der Waals surface area contributed by atoms with Crippen molar-refractivity contribution < 1.29 is 18.3 Å². The lowest BCUT2D eigenvalue weighted by atomic mass is 9.62. The first-order valence-corrected chi connectivity index (χ1v) is 11.8. The first-order chi connectivity index (χ1) is 16.6. The maximum atomic E-state index is 12.8. The molecule has 2 aliphatic heterocycles. The number of hydrogen-bond acceptors (Lipinski definition) is 4. The number of nitrogens with zero attached hydrogens (tertiary/aromatic N) is 2. The number of hydrogen-bond donors (Lipinski definition) is 2. The zero-order chi connectivity index (χ0) is 25.0. The zero-order valence-electron chi connectivity index (χ0n) is 19.6. The number of amides is 1. The Balaban J connectivity index is 0.000000464. The Labute approximate surface area is 199 Å². The molecule has 4 fully saturated rings. The van der Waals surface area contributed by atoms with Gasteiger partial charge in [0.1, 0.15) is 16.9 Å². The molecule has 7 rings (SSSR count). The van der Waals surface area contributed by atoms with Crippen LogP contribution in [-0.2, 0) is 10.2 Å². The summed E-state index contributed by atoms with van der Waals surface area (Å²) in [5.74, 6) is -0.582. The normalized spacial score (nSPS) is 24.7. The monoisotopic (exact) mass is 486 g/mol. The van der Waals surface area contributed by atoms with Gasteiger partial charge in [0, 0.05) is 48.2 Å². The number of carbonyl (C=O) groups excluding carboxylic acids is 1. The number of rotatable bonds is 5. The number of carbonyl (C=O) groups is 1. The number of nitrogens with one attached hydrogen (secondary N) is 2. The van der Waals surface area contributed by atoms with E-state index in [0.717, 1.165) is 31.4 Å². The SMILES string of the molecule is CC12CC(c3cn4cc(C(=O)Nc5cccn(C6CC6)c5=O)c(=O)cc4[nH]3)(CO1)C2.CCC(F)F. The lowest BCUT2D eigenvalue weighted by Gasteiger charge is -2.41. The number of ether oxygens (including phenoxy) is 1. The molecule has 35 heavy (non-hydrogen) atoms. The minimum Gasteiger partial charge on any atom is -0.374 e. The van der Waals surface area contributed by atoms with Gasteiger partial charge in [0.05, 0.1) is 12.2 Å². The minimum atomic E-state index is -2.12. The lowest BCUT2D eigenvalue weighted by molar-refractivity contribution is 0.0154. The Morgan fingerprint density at radius 3 is 2.60 bits per heavy atom. The Morgan fingerprint density at radius 2 is 2.00 bits per heavy atom. The second-order valence-corrected chi connectivity index (χ2v) is 10.0. The van der Waals surface area contributed by atoms with E-state index in [9.17, 15) is 23.2 Å². The van der Waals surface area contributed by atoms with Crippen molar-refractivity contribution in [1.29, 1.82) is 0 Å². The van der Waals surface area contributed by atoms with Gasteiger partial charge in [-0.05, 0) is 44.7 Å². The molecule has 0 spiro atoms. The van der Waals surface area contributed by atoms with Gasteiger partial charge in [0.25, 0.3) is 11.5 Å². The Morgan fingerprint density at radius 1 is 1.29 bits per heavy atom. The van der Waals surface area contributed by atoms with Gasteiger partial charge in [-0.3, -0.25) is 14.4 Å². The molecule has 0 aromatic carbocycles. The van der Waals surface area contributed by atoms with Crippen molar-refractivity contribution in [3.8, 4) is 0 Å². The third-order valence-corrected chi connectivity index (χ3v) is 7.02. The van der Waals surface area contributed by atoms with Crippen LogP contribution in [0.15, 0.2) is 46.4 Å². The highest BCUT2D eigenvalue weighted by atomic mass is 19.3. The van der Waals surface area contributed by atoms with Gasteiger partial charge in [-0.2, -0.15) is 0 Å². The van der Waals surface area contributed by atoms with Crippen LogP contribution in [0.2, 0.25) is 0 Å². The Kier molecular flexibility index (Phi) is 5.66. The quantitative estimate of drug-likeness (QED) is 0.572. The zero-order valence-corrected chi connectivity index (χ0v) is 19.6. The van der Waals surface area contributed by atoms with Crippen molar-refractivity contribution in [2.75, 3.05) is 11.9 Å². The van der Waals surface area contributed by atoms with Gasteiger partial charge < -0.3 is 24.0 Å². The summed E-state index contributed by atoms with van der Waals surface area (Å²) in [6.45, 7) is 4.23. The van der Waals surface area contributed by atoms with Gasteiger partial charge in [-0.15, -0.1) is 0 Å². The molecule has 0 unspecified atom stereocenters. The number of fused-ring (bicyclic) bond motifs is 2. The van der Waals surface area contributed by atoms with Crippen LogP contribution in [0.25, 0.3) is 5.65 Å². The van der Waals surface area contributed by atoms with Gasteiger partial charge in [-0.1, -0.05) is 6.92 Å². The predicted octanol–water partition coefficient (Wildman–Crippen LogP) is 3.86. The van der Waals surface area contributed by atoms with Crippen molar-refractivity contribution >= 4 is 17.2 Å². The minimum absolute atomic E-state index is 0.00195. The number of halogens is 2. The molecule has 8 nitrogen and oxygen atoms in total. The van der Waals surface area contributed by atoms with Crippen LogP contribution in [0.1, 0.15) is 68.0 Å². The van der Waals surface area contributed by atoms with Gasteiger partial charge >= 0.3 is 0 Å². The van der Waals surface area contributed by atoms with Gasteiger partial charge in [0.15, 0.2) is 5.43 Å². The van der Waals surface area contributed by atoms with Crippen molar-refractivity contribution in [2.45, 2.75) is 69.4 Å². The predicted molar refractivity (Wildman–Crippen MR) is 127 cm³/mol. The first kappa shape index (κ1) is 23.5. The lowest BCUT2D eigenvalue weighted by Crippen LogP contribution is -2.45. The molecule has 2 saturated heterocycles. The number of aromatic nitrogens is 3. The summed E-state index contributed by atoms with van der Waals surface area (Å²) in [7, 11) is 0. The van der Waals surface area contributed by atoms with Crippen molar-refractivity contribution in [3.63, 3.8) is 0 Å². The highest BCUT2D eigenvalue weighted by Crippen LogP contribution is 2.58. The fourth-order valence-electron chi connectivity index (χ4n) is 5.11. The first-order valence-electron chi connectivity index (χ1n) is 11.8. The second kappa shape index (κ2) is 8.44. The number of aromatic amines is 1. The summed E-state index contributed by atoms with van der Waals surface area (Å²) in [5.41, 5.74) is 1.12. The van der Waals surface area contributed by atoms with Crippen molar-refractivity contribution in [1.82, 2.24) is 14.0 Å². The fraction of sp³-hybridized carbons (Fsp3) is 0.480. The number of pyridine rings is 2. The summed E-state index contributed by atoms with van der Waals surface area (Å²) in [5, 5.41) is 2.62. The highest BCUT2D eigenvalue weighted by Gasteiger charge is 2.61. The molecule has 10 heteroatoms. The molecule has 2 N–H and O–H groups in total. The van der Waals surface area contributed by atoms with Crippen molar-refractivity contribution in [2.24, 2.45) is 0 Å². The average molecular weight is 487 g/mol.